The van der Waals surface area contributed by atoms with Gasteiger partial charge in [-0.2, -0.15) is 0 Å². The zero-order valence-electron chi connectivity index (χ0n) is 11.2. The van der Waals surface area contributed by atoms with Crippen molar-refractivity contribution < 1.29 is 0 Å². The van der Waals surface area contributed by atoms with Gasteiger partial charge >= 0.3 is 0 Å². The van der Waals surface area contributed by atoms with E-state index in [1.54, 1.807) is 6.07 Å². The molecule has 0 aliphatic heterocycles. The molecule has 0 aromatic heterocycles. The molecule has 0 heterocycles. The van der Waals surface area contributed by atoms with Gasteiger partial charge in [0.15, 0.2) is 0 Å². The molecule has 2 aromatic carbocycles. The first kappa shape index (κ1) is 15.7. The molecule has 2 rings (SSSR count). The number of rotatable bonds is 5. The van der Waals surface area contributed by atoms with Crippen molar-refractivity contribution in [3.63, 3.8) is 0 Å². The molecule has 0 radical (unpaired) electrons. The molecule has 0 aliphatic carbocycles. The van der Waals surface area contributed by atoms with Gasteiger partial charge in [-0.3, -0.25) is 0 Å². The fraction of sp³-hybridized carbons (Fsp3) is 0.250. The molecule has 4 heteroatoms. The van der Waals surface area contributed by atoms with Crippen molar-refractivity contribution in [2.45, 2.75) is 12.3 Å². The Hall–Kier alpha value is -0.730. The van der Waals surface area contributed by atoms with Crippen LogP contribution in [0.2, 0.25) is 15.1 Å². The lowest BCUT2D eigenvalue weighted by molar-refractivity contribution is 0.626. The van der Waals surface area contributed by atoms with Gasteiger partial charge in [-0.15, -0.1) is 0 Å². The molecule has 1 nitrogen and oxygen atoms in total. The molecule has 106 valence electrons. The van der Waals surface area contributed by atoms with E-state index in [9.17, 15) is 0 Å². The van der Waals surface area contributed by atoms with Crippen LogP contribution in [0, 0.1) is 0 Å². The van der Waals surface area contributed by atoms with Crippen LogP contribution in [0.1, 0.15) is 17.0 Å². The summed E-state index contributed by atoms with van der Waals surface area (Å²) in [6.07, 6.45) is 0.860. The Morgan fingerprint density at radius 1 is 0.950 bits per heavy atom. The van der Waals surface area contributed by atoms with Crippen molar-refractivity contribution in [1.82, 2.24) is 5.32 Å². The summed E-state index contributed by atoms with van der Waals surface area (Å²) in [5.74, 6) is 0.343. The highest BCUT2D eigenvalue weighted by Gasteiger charge is 2.13. The summed E-state index contributed by atoms with van der Waals surface area (Å²) in [7, 11) is 1.95. The fourth-order valence-corrected chi connectivity index (χ4v) is 2.85. The molecule has 0 bridgehead atoms. The first-order valence-corrected chi connectivity index (χ1v) is 7.57. The van der Waals surface area contributed by atoms with Gasteiger partial charge in [-0.1, -0.05) is 53.0 Å². The molecule has 1 atom stereocenters. The molecule has 0 aliphatic rings. The minimum absolute atomic E-state index is 0.343. The number of nitrogens with one attached hydrogen (secondary N) is 1. The highest BCUT2D eigenvalue weighted by molar-refractivity contribution is 6.35. The molecule has 20 heavy (non-hydrogen) atoms. The predicted molar refractivity (Wildman–Crippen MR) is 88.3 cm³/mol. The second kappa shape index (κ2) is 7.33. The number of hydrogen-bond acceptors (Lipinski definition) is 1. The van der Waals surface area contributed by atoms with Crippen molar-refractivity contribution in [2.24, 2.45) is 0 Å². The SMILES string of the molecule is CNCC(Cc1ccc(Cl)cc1Cl)c1ccc(Cl)cc1. The van der Waals surface area contributed by atoms with Crippen LogP contribution < -0.4 is 5.32 Å². The van der Waals surface area contributed by atoms with Crippen LogP contribution in [-0.2, 0) is 6.42 Å². The Balaban J connectivity index is 2.22. The summed E-state index contributed by atoms with van der Waals surface area (Å²) in [4.78, 5) is 0. The van der Waals surface area contributed by atoms with Gasteiger partial charge in [0.25, 0.3) is 0 Å². The molecule has 0 saturated carbocycles. The maximum Gasteiger partial charge on any atom is 0.0453 e. The van der Waals surface area contributed by atoms with Crippen LogP contribution in [0.4, 0.5) is 0 Å². The minimum atomic E-state index is 0.343. The first-order valence-electron chi connectivity index (χ1n) is 6.44. The smallest absolute Gasteiger partial charge is 0.0453 e. The van der Waals surface area contributed by atoms with Crippen LogP contribution in [0.5, 0.6) is 0 Å². The highest BCUT2D eigenvalue weighted by Crippen LogP contribution is 2.27. The van der Waals surface area contributed by atoms with E-state index in [-0.39, 0.29) is 0 Å². The Kier molecular flexibility index (Phi) is 5.74. The van der Waals surface area contributed by atoms with Crippen LogP contribution in [0.25, 0.3) is 0 Å². The summed E-state index contributed by atoms with van der Waals surface area (Å²) in [6.45, 7) is 0.876. The normalized spacial score (nSPS) is 12.4. The molecule has 1 N–H and O–H groups in total. The molecule has 1 unspecified atom stereocenters. The molecule has 0 amide bonds. The van der Waals surface area contributed by atoms with Gasteiger partial charge in [-0.25, -0.2) is 0 Å². The summed E-state index contributed by atoms with van der Waals surface area (Å²) >= 11 is 18.1. The highest BCUT2D eigenvalue weighted by atomic mass is 35.5. The quantitative estimate of drug-likeness (QED) is 0.796. The van der Waals surface area contributed by atoms with Gasteiger partial charge in [0, 0.05) is 27.5 Å². The lowest BCUT2D eigenvalue weighted by Gasteiger charge is -2.18. The predicted octanol–water partition coefficient (Wildman–Crippen LogP) is 5.19. The van der Waals surface area contributed by atoms with Gasteiger partial charge in [-0.05, 0) is 48.9 Å². The standard InChI is InChI=1S/C16H16Cl3N/c1-20-10-13(11-2-5-14(17)6-3-11)8-12-4-7-15(18)9-16(12)19/h2-7,9,13,20H,8,10H2,1H3. The van der Waals surface area contributed by atoms with E-state index >= 15 is 0 Å². The Morgan fingerprint density at radius 2 is 1.60 bits per heavy atom. The van der Waals surface area contributed by atoms with Crippen molar-refractivity contribution in [3.8, 4) is 0 Å². The zero-order valence-corrected chi connectivity index (χ0v) is 13.4. The molecular weight excluding hydrogens is 313 g/mol. The largest absolute Gasteiger partial charge is 0.319 e. The van der Waals surface area contributed by atoms with E-state index in [4.69, 9.17) is 34.8 Å². The molecule has 0 saturated heterocycles. The molecule has 0 fully saturated rings. The maximum atomic E-state index is 6.26. The van der Waals surface area contributed by atoms with Crippen LogP contribution >= 0.6 is 34.8 Å². The van der Waals surface area contributed by atoms with Crippen LogP contribution in [0.3, 0.4) is 0 Å². The lowest BCUT2D eigenvalue weighted by atomic mass is 9.92. The average molecular weight is 329 g/mol. The number of hydrogen-bond donors (Lipinski definition) is 1. The average Bonchev–Trinajstić information content (AvgIpc) is 2.42. The van der Waals surface area contributed by atoms with E-state index in [0.717, 1.165) is 23.6 Å². The van der Waals surface area contributed by atoms with Gasteiger partial charge in [0.05, 0.1) is 0 Å². The van der Waals surface area contributed by atoms with Crippen molar-refractivity contribution >= 4 is 34.8 Å². The Bertz CT molecular complexity index is 566. The van der Waals surface area contributed by atoms with Crippen LogP contribution in [0.15, 0.2) is 42.5 Å². The van der Waals surface area contributed by atoms with E-state index < -0.39 is 0 Å². The second-order valence-corrected chi connectivity index (χ2v) is 6.03. The summed E-state index contributed by atoms with van der Waals surface area (Å²) in [5, 5.41) is 5.36. The van der Waals surface area contributed by atoms with Crippen molar-refractivity contribution in [2.75, 3.05) is 13.6 Å². The third-order valence-electron chi connectivity index (χ3n) is 3.27. The Labute approximate surface area is 134 Å². The van der Waals surface area contributed by atoms with Gasteiger partial charge in [0.2, 0.25) is 0 Å². The van der Waals surface area contributed by atoms with E-state index in [2.05, 4.69) is 17.4 Å². The fourth-order valence-electron chi connectivity index (χ4n) is 2.24. The topological polar surface area (TPSA) is 12.0 Å². The minimum Gasteiger partial charge on any atom is -0.319 e. The summed E-state index contributed by atoms with van der Waals surface area (Å²) in [5.41, 5.74) is 2.35. The Morgan fingerprint density at radius 3 is 2.20 bits per heavy atom. The molecule has 0 spiro atoms. The zero-order chi connectivity index (χ0) is 14.5. The van der Waals surface area contributed by atoms with E-state index in [1.165, 1.54) is 5.56 Å². The first-order chi connectivity index (χ1) is 9.60. The van der Waals surface area contributed by atoms with Crippen molar-refractivity contribution in [1.29, 1.82) is 0 Å². The van der Waals surface area contributed by atoms with Gasteiger partial charge in [0.1, 0.15) is 0 Å². The maximum absolute atomic E-state index is 6.26. The number of likely N-dealkylation sites (N-methyl/N-ethyl adjacent to an activating group) is 1. The van der Waals surface area contributed by atoms with Crippen molar-refractivity contribution in [3.05, 3.63) is 68.7 Å². The summed E-state index contributed by atoms with van der Waals surface area (Å²) in [6, 6.07) is 13.6. The number of halogens is 3. The lowest BCUT2D eigenvalue weighted by Crippen LogP contribution is -2.19. The van der Waals surface area contributed by atoms with Crippen LogP contribution in [-0.4, -0.2) is 13.6 Å². The van der Waals surface area contributed by atoms with Gasteiger partial charge < -0.3 is 5.32 Å². The number of benzene rings is 2. The third-order valence-corrected chi connectivity index (χ3v) is 4.11. The van der Waals surface area contributed by atoms with E-state index in [1.807, 2.05) is 31.3 Å². The summed E-state index contributed by atoms with van der Waals surface area (Å²) < 4.78 is 0. The molecule has 2 aromatic rings. The third kappa shape index (κ3) is 4.13. The monoisotopic (exact) mass is 327 g/mol. The second-order valence-electron chi connectivity index (χ2n) is 4.75. The van der Waals surface area contributed by atoms with E-state index in [0.29, 0.717) is 16.0 Å². The molecular formula is C16H16Cl3N.